The molecule has 17 heavy (non-hydrogen) atoms. The zero-order valence-corrected chi connectivity index (χ0v) is 10.7. The molecule has 0 radical (unpaired) electrons. The summed E-state index contributed by atoms with van der Waals surface area (Å²) in [5, 5.41) is 10.9. The van der Waals surface area contributed by atoms with Gasteiger partial charge in [0.15, 0.2) is 0 Å². The van der Waals surface area contributed by atoms with Crippen molar-refractivity contribution in [2.75, 3.05) is 0 Å². The van der Waals surface area contributed by atoms with Crippen molar-refractivity contribution in [2.24, 2.45) is 5.92 Å². The minimum Gasteiger partial charge on any atom is -0.487 e. The monoisotopic (exact) mass is 252 g/mol. The van der Waals surface area contributed by atoms with E-state index in [-0.39, 0.29) is 5.60 Å². The van der Waals surface area contributed by atoms with Crippen LogP contribution in [0.2, 0.25) is 5.02 Å². The minimum atomic E-state index is -0.457. The van der Waals surface area contributed by atoms with Crippen molar-refractivity contribution in [3.05, 3.63) is 28.8 Å². The normalized spacial score (nSPS) is 31.8. The smallest absolute Gasteiger partial charge is 0.126 e. The van der Waals surface area contributed by atoms with E-state index in [9.17, 15) is 5.11 Å². The molecule has 1 aliphatic carbocycles. The molecule has 0 spiro atoms. The molecule has 1 saturated carbocycles. The highest BCUT2D eigenvalue weighted by molar-refractivity contribution is 6.30. The van der Waals surface area contributed by atoms with Crippen molar-refractivity contribution in [1.82, 2.24) is 0 Å². The molecule has 1 aromatic rings. The molecular formula is C14H17ClO2. The third kappa shape index (κ3) is 2.29. The number of hydrogen-bond acceptors (Lipinski definition) is 2. The molecule has 3 heteroatoms. The molecule has 1 aliphatic heterocycles. The average molecular weight is 253 g/mol. The number of aliphatic hydroxyl groups excluding tert-OH is 1. The second-order valence-electron chi connectivity index (χ2n) is 5.60. The Morgan fingerprint density at radius 2 is 2.24 bits per heavy atom. The second-order valence-corrected chi connectivity index (χ2v) is 6.04. The molecular weight excluding hydrogens is 236 g/mol. The molecule has 0 bridgehead atoms. The molecule has 92 valence electrons. The fourth-order valence-electron chi connectivity index (χ4n) is 2.76. The Kier molecular flexibility index (Phi) is 2.60. The molecule has 2 nitrogen and oxygen atoms in total. The molecule has 1 N–H and O–H groups in total. The first kappa shape index (κ1) is 11.4. The number of hydrogen-bond donors (Lipinski definition) is 1. The third-order valence-corrected chi connectivity index (χ3v) is 3.96. The summed E-state index contributed by atoms with van der Waals surface area (Å²) in [5.74, 6) is 1.58. The molecule has 0 saturated heterocycles. The van der Waals surface area contributed by atoms with Crippen LogP contribution in [-0.2, 0) is 0 Å². The maximum absolute atomic E-state index is 10.2. The summed E-state index contributed by atoms with van der Waals surface area (Å²) in [6.45, 7) is 2.10. The standard InChI is InChI=1S/C14H17ClO2/c1-14(7-9-2-3-9)8-12(16)11-6-10(15)4-5-13(11)17-14/h4-6,9,12,16H,2-3,7-8H2,1H3. The first-order valence-corrected chi connectivity index (χ1v) is 6.60. The lowest BCUT2D eigenvalue weighted by Crippen LogP contribution is -2.38. The lowest BCUT2D eigenvalue weighted by Gasteiger charge is -2.38. The Balaban J connectivity index is 1.88. The van der Waals surface area contributed by atoms with E-state index in [1.165, 1.54) is 12.8 Å². The molecule has 2 unspecified atom stereocenters. The zero-order chi connectivity index (χ0) is 12.0. The Labute approximate surface area is 107 Å². The molecule has 1 fully saturated rings. The number of fused-ring (bicyclic) bond motifs is 1. The van der Waals surface area contributed by atoms with Gasteiger partial charge in [-0.3, -0.25) is 0 Å². The van der Waals surface area contributed by atoms with E-state index in [1.807, 2.05) is 12.1 Å². The van der Waals surface area contributed by atoms with Crippen molar-refractivity contribution in [3.8, 4) is 5.75 Å². The molecule has 0 amide bonds. The molecule has 2 aliphatic rings. The highest BCUT2D eigenvalue weighted by atomic mass is 35.5. The van der Waals surface area contributed by atoms with Gasteiger partial charge in [-0.1, -0.05) is 24.4 Å². The Morgan fingerprint density at radius 3 is 2.94 bits per heavy atom. The van der Waals surface area contributed by atoms with Crippen molar-refractivity contribution in [2.45, 2.75) is 44.3 Å². The molecule has 1 aromatic carbocycles. The molecule has 2 atom stereocenters. The van der Waals surface area contributed by atoms with Gasteiger partial charge >= 0.3 is 0 Å². The summed E-state index contributed by atoms with van der Waals surface area (Å²) in [7, 11) is 0. The van der Waals surface area contributed by atoms with Gasteiger partial charge in [-0.15, -0.1) is 0 Å². The van der Waals surface area contributed by atoms with Crippen molar-refractivity contribution >= 4 is 11.6 Å². The van der Waals surface area contributed by atoms with E-state index in [1.54, 1.807) is 6.07 Å². The fourth-order valence-corrected chi connectivity index (χ4v) is 2.94. The van der Waals surface area contributed by atoms with Crippen LogP contribution < -0.4 is 4.74 Å². The Morgan fingerprint density at radius 1 is 1.47 bits per heavy atom. The number of rotatable bonds is 2. The zero-order valence-electron chi connectivity index (χ0n) is 9.95. The van der Waals surface area contributed by atoms with E-state index in [4.69, 9.17) is 16.3 Å². The van der Waals surface area contributed by atoms with E-state index in [0.29, 0.717) is 11.4 Å². The lowest BCUT2D eigenvalue weighted by molar-refractivity contribution is -0.0104. The lowest BCUT2D eigenvalue weighted by atomic mass is 9.86. The van der Waals surface area contributed by atoms with Crippen LogP contribution in [0.5, 0.6) is 5.75 Å². The summed E-state index contributed by atoms with van der Waals surface area (Å²) in [6.07, 6.45) is 3.87. The van der Waals surface area contributed by atoms with Crippen molar-refractivity contribution in [3.63, 3.8) is 0 Å². The third-order valence-electron chi connectivity index (χ3n) is 3.73. The largest absolute Gasteiger partial charge is 0.487 e. The summed E-state index contributed by atoms with van der Waals surface area (Å²) >= 11 is 5.94. The van der Waals surface area contributed by atoms with Crippen LogP contribution in [0.4, 0.5) is 0 Å². The average Bonchev–Trinajstić information content (AvgIpc) is 3.03. The van der Waals surface area contributed by atoms with Crippen LogP contribution in [0.15, 0.2) is 18.2 Å². The minimum absolute atomic E-state index is 0.221. The number of halogens is 1. The van der Waals surface area contributed by atoms with Crippen LogP contribution in [0.25, 0.3) is 0 Å². The van der Waals surface area contributed by atoms with E-state index < -0.39 is 6.10 Å². The van der Waals surface area contributed by atoms with Crippen molar-refractivity contribution in [1.29, 1.82) is 0 Å². The van der Waals surface area contributed by atoms with Gasteiger partial charge in [0, 0.05) is 17.0 Å². The summed E-state index contributed by atoms with van der Waals surface area (Å²) in [5.41, 5.74) is 0.604. The summed E-state index contributed by atoms with van der Waals surface area (Å²) in [6, 6.07) is 5.49. The quantitative estimate of drug-likeness (QED) is 0.869. The van der Waals surface area contributed by atoms with Gasteiger partial charge in [0.2, 0.25) is 0 Å². The summed E-state index contributed by atoms with van der Waals surface area (Å²) in [4.78, 5) is 0. The SMILES string of the molecule is CC1(CC2CC2)CC(O)c2cc(Cl)ccc2O1. The maximum Gasteiger partial charge on any atom is 0.126 e. The van der Waals surface area contributed by atoms with E-state index in [0.717, 1.165) is 23.7 Å². The van der Waals surface area contributed by atoms with Gasteiger partial charge in [0.05, 0.1) is 6.10 Å². The predicted molar refractivity (Wildman–Crippen MR) is 67.4 cm³/mol. The van der Waals surface area contributed by atoms with Gasteiger partial charge < -0.3 is 9.84 Å². The predicted octanol–water partition coefficient (Wildman–Crippen LogP) is 3.71. The first-order valence-electron chi connectivity index (χ1n) is 6.22. The van der Waals surface area contributed by atoms with Gasteiger partial charge in [-0.05, 0) is 37.5 Å². The highest BCUT2D eigenvalue weighted by Gasteiger charge is 2.40. The Bertz CT molecular complexity index is 442. The highest BCUT2D eigenvalue weighted by Crippen LogP contribution is 2.46. The molecule has 0 aromatic heterocycles. The molecule has 1 heterocycles. The van der Waals surface area contributed by atoms with Crippen LogP contribution >= 0.6 is 11.6 Å². The number of benzene rings is 1. The van der Waals surface area contributed by atoms with Crippen LogP contribution in [0.3, 0.4) is 0 Å². The van der Waals surface area contributed by atoms with Gasteiger partial charge in [-0.25, -0.2) is 0 Å². The number of ether oxygens (including phenoxy) is 1. The van der Waals surface area contributed by atoms with E-state index >= 15 is 0 Å². The number of aliphatic hydroxyl groups is 1. The van der Waals surface area contributed by atoms with Gasteiger partial charge in [0.25, 0.3) is 0 Å². The van der Waals surface area contributed by atoms with E-state index in [2.05, 4.69) is 6.92 Å². The van der Waals surface area contributed by atoms with Crippen molar-refractivity contribution < 1.29 is 9.84 Å². The van der Waals surface area contributed by atoms with Crippen LogP contribution in [0.1, 0.15) is 44.3 Å². The van der Waals surface area contributed by atoms with Gasteiger partial charge in [-0.2, -0.15) is 0 Å². The van der Waals surface area contributed by atoms with Gasteiger partial charge in [0.1, 0.15) is 11.4 Å². The fraction of sp³-hybridized carbons (Fsp3) is 0.571. The molecule has 3 rings (SSSR count). The Hall–Kier alpha value is -0.730. The van der Waals surface area contributed by atoms with Crippen LogP contribution in [-0.4, -0.2) is 10.7 Å². The summed E-state index contributed by atoms with van der Waals surface area (Å²) < 4.78 is 6.08. The first-order chi connectivity index (χ1) is 8.06. The van der Waals surface area contributed by atoms with Crippen LogP contribution in [0, 0.1) is 5.92 Å². The second kappa shape index (κ2) is 3.89. The topological polar surface area (TPSA) is 29.5 Å². The maximum atomic E-state index is 10.2.